The molecule has 1 heterocycles. The second-order valence-corrected chi connectivity index (χ2v) is 5.50. The maximum absolute atomic E-state index is 12.1. The van der Waals surface area contributed by atoms with Crippen molar-refractivity contribution in [1.29, 1.82) is 0 Å². The van der Waals surface area contributed by atoms with Crippen LogP contribution in [0.15, 0.2) is 6.20 Å². The Bertz CT molecular complexity index is 430. The Morgan fingerprint density at radius 3 is 3.05 bits per heavy atom. The molecule has 2 rings (SSSR count). The predicted molar refractivity (Wildman–Crippen MR) is 72.5 cm³/mol. The number of hydrogen-bond donors (Lipinski definition) is 2. The van der Waals surface area contributed by atoms with Gasteiger partial charge in [0.05, 0.1) is 12.7 Å². The third kappa shape index (κ3) is 3.32. The van der Waals surface area contributed by atoms with E-state index in [4.69, 9.17) is 5.73 Å². The first-order chi connectivity index (χ1) is 9.11. The number of rotatable bonds is 4. The van der Waals surface area contributed by atoms with Crippen molar-refractivity contribution in [2.45, 2.75) is 45.7 Å². The summed E-state index contributed by atoms with van der Waals surface area (Å²) in [7, 11) is 0. The van der Waals surface area contributed by atoms with Crippen molar-refractivity contribution in [2.24, 2.45) is 17.6 Å². The van der Waals surface area contributed by atoms with Gasteiger partial charge in [0, 0.05) is 12.6 Å². The lowest BCUT2D eigenvalue weighted by Gasteiger charge is -2.34. The molecule has 1 aromatic heterocycles. The quantitative estimate of drug-likeness (QED) is 0.843. The van der Waals surface area contributed by atoms with E-state index in [0.717, 1.165) is 6.42 Å². The number of amides is 1. The van der Waals surface area contributed by atoms with Gasteiger partial charge in [0.15, 0.2) is 5.69 Å². The molecule has 0 aliphatic heterocycles. The summed E-state index contributed by atoms with van der Waals surface area (Å²) >= 11 is 0. The zero-order valence-corrected chi connectivity index (χ0v) is 11.7. The van der Waals surface area contributed by atoms with Gasteiger partial charge < -0.3 is 11.1 Å². The Balaban J connectivity index is 1.95. The SMILES string of the molecule is CC1CCCC(NC(=O)c2cn(CCN)nn2)C1C. The second kappa shape index (κ2) is 6.14. The van der Waals surface area contributed by atoms with Crippen molar-refractivity contribution in [3.05, 3.63) is 11.9 Å². The fraction of sp³-hybridized carbons (Fsp3) is 0.769. The maximum atomic E-state index is 12.1. The van der Waals surface area contributed by atoms with Gasteiger partial charge in [-0.25, -0.2) is 0 Å². The third-order valence-electron chi connectivity index (χ3n) is 4.15. The van der Waals surface area contributed by atoms with Crippen LogP contribution in [0.3, 0.4) is 0 Å². The second-order valence-electron chi connectivity index (χ2n) is 5.50. The number of carbonyl (C=O) groups is 1. The topological polar surface area (TPSA) is 85.8 Å². The van der Waals surface area contributed by atoms with Gasteiger partial charge in [0.25, 0.3) is 5.91 Å². The zero-order valence-electron chi connectivity index (χ0n) is 11.7. The number of nitrogens with zero attached hydrogens (tertiary/aromatic N) is 3. The van der Waals surface area contributed by atoms with Crippen LogP contribution in [0.1, 0.15) is 43.6 Å². The number of hydrogen-bond acceptors (Lipinski definition) is 4. The lowest BCUT2D eigenvalue weighted by atomic mass is 9.78. The average molecular weight is 265 g/mol. The van der Waals surface area contributed by atoms with Crippen molar-refractivity contribution < 1.29 is 4.79 Å². The molecule has 1 saturated carbocycles. The first-order valence-corrected chi connectivity index (χ1v) is 7.03. The first-order valence-electron chi connectivity index (χ1n) is 7.03. The van der Waals surface area contributed by atoms with E-state index in [0.29, 0.717) is 30.6 Å². The summed E-state index contributed by atoms with van der Waals surface area (Å²) in [6.07, 6.45) is 5.13. The molecule has 0 aromatic carbocycles. The van der Waals surface area contributed by atoms with Gasteiger partial charge in [-0.1, -0.05) is 31.9 Å². The Morgan fingerprint density at radius 1 is 1.53 bits per heavy atom. The Kier molecular flexibility index (Phi) is 4.52. The Morgan fingerprint density at radius 2 is 2.32 bits per heavy atom. The minimum atomic E-state index is -0.130. The summed E-state index contributed by atoms with van der Waals surface area (Å²) in [4.78, 5) is 12.1. The lowest BCUT2D eigenvalue weighted by molar-refractivity contribution is 0.0886. The molecule has 1 fully saturated rings. The molecule has 3 atom stereocenters. The van der Waals surface area contributed by atoms with Gasteiger partial charge in [-0.2, -0.15) is 0 Å². The fourth-order valence-electron chi connectivity index (χ4n) is 2.67. The van der Waals surface area contributed by atoms with Crippen LogP contribution >= 0.6 is 0 Å². The number of nitrogens with two attached hydrogens (primary N) is 1. The highest BCUT2D eigenvalue weighted by molar-refractivity contribution is 5.92. The van der Waals surface area contributed by atoms with Gasteiger partial charge in [0.1, 0.15) is 0 Å². The van der Waals surface area contributed by atoms with Gasteiger partial charge in [-0.3, -0.25) is 9.48 Å². The fourth-order valence-corrected chi connectivity index (χ4v) is 2.67. The van der Waals surface area contributed by atoms with Crippen LogP contribution in [-0.2, 0) is 6.54 Å². The number of nitrogens with one attached hydrogen (secondary N) is 1. The van der Waals surface area contributed by atoms with E-state index in [2.05, 4.69) is 29.5 Å². The van der Waals surface area contributed by atoms with Crippen LogP contribution in [0.4, 0.5) is 0 Å². The highest BCUT2D eigenvalue weighted by atomic mass is 16.2. The summed E-state index contributed by atoms with van der Waals surface area (Å²) in [5, 5.41) is 10.9. The average Bonchev–Trinajstić information content (AvgIpc) is 2.84. The molecule has 19 heavy (non-hydrogen) atoms. The normalized spacial score (nSPS) is 27.2. The van der Waals surface area contributed by atoms with E-state index in [1.165, 1.54) is 12.8 Å². The molecule has 3 N–H and O–H groups in total. The van der Waals surface area contributed by atoms with Crippen LogP contribution in [0.2, 0.25) is 0 Å². The highest BCUT2D eigenvalue weighted by Crippen LogP contribution is 2.29. The van der Waals surface area contributed by atoms with Crippen molar-refractivity contribution >= 4 is 5.91 Å². The highest BCUT2D eigenvalue weighted by Gasteiger charge is 2.28. The molecule has 1 aliphatic carbocycles. The molecule has 3 unspecified atom stereocenters. The maximum Gasteiger partial charge on any atom is 0.273 e. The minimum Gasteiger partial charge on any atom is -0.348 e. The van der Waals surface area contributed by atoms with Crippen molar-refractivity contribution in [3.63, 3.8) is 0 Å². The van der Waals surface area contributed by atoms with Crippen LogP contribution in [0.25, 0.3) is 0 Å². The number of carbonyl (C=O) groups excluding carboxylic acids is 1. The molecular formula is C13H23N5O. The monoisotopic (exact) mass is 265 g/mol. The largest absolute Gasteiger partial charge is 0.348 e. The molecule has 0 bridgehead atoms. The molecule has 6 nitrogen and oxygen atoms in total. The van der Waals surface area contributed by atoms with E-state index >= 15 is 0 Å². The van der Waals surface area contributed by atoms with Crippen molar-refractivity contribution in [3.8, 4) is 0 Å². The summed E-state index contributed by atoms with van der Waals surface area (Å²) in [5.74, 6) is 1.04. The molecule has 0 radical (unpaired) electrons. The molecule has 6 heteroatoms. The summed E-state index contributed by atoms with van der Waals surface area (Å²) in [6.45, 7) is 5.53. The molecule has 0 saturated heterocycles. The molecule has 106 valence electrons. The van der Waals surface area contributed by atoms with Crippen molar-refractivity contribution in [1.82, 2.24) is 20.3 Å². The smallest absolute Gasteiger partial charge is 0.273 e. The van der Waals surface area contributed by atoms with Crippen LogP contribution < -0.4 is 11.1 Å². The van der Waals surface area contributed by atoms with Gasteiger partial charge in [0.2, 0.25) is 0 Å². The zero-order chi connectivity index (χ0) is 13.8. The van der Waals surface area contributed by atoms with Crippen LogP contribution in [-0.4, -0.2) is 33.5 Å². The summed E-state index contributed by atoms with van der Waals surface area (Å²) in [5.41, 5.74) is 5.81. The van der Waals surface area contributed by atoms with E-state index in [1.54, 1.807) is 10.9 Å². The van der Waals surface area contributed by atoms with E-state index in [1.807, 2.05) is 0 Å². The standard InChI is InChI=1S/C13H23N5O/c1-9-4-3-5-11(10(9)2)15-13(19)12-8-18(7-6-14)17-16-12/h8-11H,3-7,14H2,1-2H3,(H,15,19). The first kappa shape index (κ1) is 14.0. The van der Waals surface area contributed by atoms with Crippen LogP contribution in [0.5, 0.6) is 0 Å². The van der Waals surface area contributed by atoms with Gasteiger partial charge in [-0.15, -0.1) is 5.10 Å². The summed E-state index contributed by atoms with van der Waals surface area (Å²) in [6, 6.07) is 0.246. The third-order valence-corrected chi connectivity index (χ3v) is 4.15. The molecule has 1 aliphatic rings. The Hall–Kier alpha value is -1.43. The Labute approximate surface area is 113 Å². The lowest BCUT2D eigenvalue weighted by Crippen LogP contribution is -2.43. The molecular weight excluding hydrogens is 242 g/mol. The number of aromatic nitrogens is 3. The van der Waals surface area contributed by atoms with Gasteiger partial charge in [-0.05, 0) is 18.3 Å². The van der Waals surface area contributed by atoms with Crippen molar-refractivity contribution in [2.75, 3.05) is 6.54 Å². The van der Waals surface area contributed by atoms with E-state index < -0.39 is 0 Å². The van der Waals surface area contributed by atoms with E-state index in [9.17, 15) is 4.79 Å². The minimum absolute atomic E-state index is 0.130. The predicted octanol–water partition coefficient (Wildman–Crippen LogP) is 0.791. The molecule has 1 aromatic rings. The van der Waals surface area contributed by atoms with Crippen LogP contribution in [0, 0.1) is 11.8 Å². The summed E-state index contributed by atoms with van der Waals surface area (Å²) < 4.78 is 1.60. The van der Waals surface area contributed by atoms with E-state index in [-0.39, 0.29) is 11.9 Å². The molecule has 1 amide bonds. The van der Waals surface area contributed by atoms with Gasteiger partial charge >= 0.3 is 0 Å². The molecule has 0 spiro atoms.